The summed E-state index contributed by atoms with van der Waals surface area (Å²) < 4.78 is 0. The van der Waals surface area contributed by atoms with Crippen LogP contribution in [0.25, 0.3) is 10.9 Å². The van der Waals surface area contributed by atoms with Gasteiger partial charge in [0.2, 0.25) is 11.8 Å². The van der Waals surface area contributed by atoms with Crippen LogP contribution < -0.4 is 10.2 Å². The summed E-state index contributed by atoms with van der Waals surface area (Å²) in [5, 5.41) is 3.06. The highest BCUT2D eigenvalue weighted by Gasteiger charge is 2.25. The molecule has 1 N–H and O–H groups in total. The Morgan fingerprint density at radius 1 is 1.15 bits per heavy atom. The first kappa shape index (κ1) is 12.3. The van der Waals surface area contributed by atoms with Crippen molar-refractivity contribution in [1.82, 2.24) is 10.3 Å². The molecule has 0 unspecified atom stereocenters. The Balaban J connectivity index is 2.11. The van der Waals surface area contributed by atoms with Gasteiger partial charge in [-0.1, -0.05) is 18.2 Å². The SMILES string of the molecule is O=Cc1cc2ccccc2nc1N1CC(=O)NC(=O)C1. The van der Waals surface area contributed by atoms with Crippen LogP contribution in [0.5, 0.6) is 0 Å². The van der Waals surface area contributed by atoms with Gasteiger partial charge in [0, 0.05) is 5.39 Å². The number of aromatic nitrogens is 1. The first-order valence-corrected chi connectivity index (χ1v) is 6.10. The summed E-state index contributed by atoms with van der Waals surface area (Å²) in [6, 6.07) is 9.08. The molecule has 1 aromatic heterocycles. The van der Waals surface area contributed by atoms with Crippen LogP contribution in [-0.2, 0) is 9.59 Å². The topological polar surface area (TPSA) is 79.4 Å². The van der Waals surface area contributed by atoms with Crippen molar-refractivity contribution >= 4 is 34.8 Å². The number of nitrogens with one attached hydrogen (secondary N) is 1. The number of rotatable bonds is 2. The second-order valence-corrected chi connectivity index (χ2v) is 4.54. The van der Waals surface area contributed by atoms with Gasteiger partial charge in [0.05, 0.1) is 24.2 Å². The highest BCUT2D eigenvalue weighted by Crippen LogP contribution is 2.22. The van der Waals surface area contributed by atoms with Crippen molar-refractivity contribution in [2.24, 2.45) is 0 Å². The molecule has 1 aliphatic heterocycles. The first-order chi connectivity index (χ1) is 9.67. The lowest BCUT2D eigenvalue weighted by atomic mass is 10.1. The van der Waals surface area contributed by atoms with Gasteiger partial charge in [-0.25, -0.2) is 4.98 Å². The lowest BCUT2D eigenvalue weighted by molar-refractivity contribution is -0.130. The number of imide groups is 1. The number of piperazine rings is 1. The number of para-hydroxylation sites is 1. The van der Waals surface area contributed by atoms with Gasteiger partial charge in [-0.2, -0.15) is 0 Å². The number of aldehydes is 1. The second-order valence-electron chi connectivity index (χ2n) is 4.54. The quantitative estimate of drug-likeness (QED) is 0.634. The minimum absolute atomic E-state index is 0.0118. The van der Waals surface area contributed by atoms with E-state index in [4.69, 9.17) is 0 Å². The predicted octanol–water partition coefficient (Wildman–Crippen LogP) is 0.510. The van der Waals surface area contributed by atoms with Gasteiger partial charge in [-0.15, -0.1) is 0 Å². The Kier molecular flexibility index (Phi) is 2.90. The van der Waals surface area contributed by atoms with E-state index in [0.717, 1.165) is 5.39 Å². The van der Waals surface area contributed by atoms with Crippen molar-refractivity contribution in [3.05, 3.63) is 35.9 Å². The van der Waals surface area contributed by atoms with Crippen LogP contribution in [0, 0.1) is 0 Å². The highest BCUT2D eigenvalue weighted by atomic mass is 16.2. The van der Waals surface area contributed by atoms with Crippen molar-refractivity contribution in [2.45, 2.75) is 0 Å². The third-order valence-electron chi connectivity index (χ3n) is 3.11. The summed E-state index contributed by atoms with van der Waals surface area (Å²) in [5.74, 6) is -0.428. The Morgan fingerprint density at radius 2 is 1.85 bits per heavy atom. The molecule has 0 bridgehead atoms. The monoisotopic (exact) mass is 269 g/mol. The fourth-order valence-corrected chi connectivity index (χ4v) is 2.25. The molecule has 2 heterocycles. The molecule has 1 aromatic carbocycles. The number of fused-ring (bicyclic) bond motifs is 1. The van der Waals surface area contributed by atoms with E-state index in [0.29, 0.717) is 23.2 Å². The average Bonchev–Trinajstić information content (AvgIpc) is 2.44. The summed E-state index contributed by atoms with van der Waals surface area (Å²) >= 11 is 0. The molecule has 20 heavy (non-hydrogen) atoms. The van der Waals surface area contributed by atoms with Crippen LogP contribution in [0.1, 0.15) is 10.4 Å². The Labute approximate surface area is 114 Å². The molecule has 1 saturated heterocycles. The Bertz CT molecular complexity index is 711. The zero-order valence-electron chi connectivity index (χ0n) is 10.5. The molecule has 100 valence electrons. The van der Waals surface area contributed by atoms with Crippen LogP contribution in [0.4, 0.5) is 5.82 Å². The molecule has 0 atom stereocenters. The molecule has 2 aromatic rings. The molecule has 2 amide bonds. The molecule has 0 spiro atoms. The van der Waals surface area contributed by atoms with E-state index in [2.05, 4.69) is 10.3 Å². The van der Waals surface area contributed by atoms with Crippen LogP contribution in [0.3, 0.4) is 0 Å². The van der Waals surface area contributed by atoms with E-state index < -0.39 is 11.8 Å². The molecular weight excluding hydrogens is 258 g/mol. The highest BCUT2D eigenvalue weighted by molar-refractivity contribution is 6.04. The largest absolute Gasteiger partial charge is 0.337 e. The molecular formula is C14H11N3O3. The molecule has 6 heteroatoms. The normalized spacial score (nSPS) is 15.3. The summed E-state index contributed by atoms with van der Waals surface area (Å²) in [6.45, 7) is 0.0237. The molecule has 6 nitrogen and oxygen atoms in total. The Morgan fingerprint density at radius 3 is 2.55 bits per heavy atom. The van der Waals surface area contributed by atoms with E-state index in [1.165, 1.54) is 4.90 Å². The maximum absolute atomic E-state index is 11.4. The Hall–Kier alpha value is -2.76. The second kappa shape index (κ2) is 4.73. The molecule has 0 radical (unpaired) electrons. The summed E-state index contributed by atoms with van der Waals surface area (Å²) in [7, 11) is 0. The molecule has 3 rings (SSSR count). The van der Waals surface area contributed by atoms with Gasteiger partial charge in [-0.05, 0) is 12.1 Å². The predicted molar refractivity (Wildman–Crippen MR) is 72.5 cm³/mol. The smallest absolute Gasteiger partial charge is 0.246 e. The van der Waals surface area contributed by atoms with Crippen molar-refractivity contribution in [3.8, 4) is 0 Å². The number of pyridine rings is 1. The lowest BCUT2D eigenvalue weighted by Gasteiger charge is -2.27. The number of carbonyl (C=O) groups excluding carboxylic acids is 3. The summed E-state index contributed by atoms with van der Waals surface area (Å²) in [6.07, 6.45) is 0.686. The zero-order valence-corrected chi connectivity index (χ0v) is 10.5. The number of benzene rings is 1. The van der Waals surface area contributed by atoms with E-state index in [1.807, 2.05) is 24.3 Å². The number of carbonyl (C=O) groups is 3. The van der Waals surface area contributed by atoms with Crippen LogP contribution >= 0.6 is 0 Å². The van der Waals surface area contributed by atoms with Crippen molar-refractivity contribution in [2.75, 3.05) is 18.0 Å². The molecule has 0 aliphatic carbocycles. The number of hydrogen-bond acceptors (Lipinski definition) is 5. The van der Waals surface area contributed by atoms with Gasteiger partial charge in [0.15, 0.2) is 6.29 Å². The van der Waals surface area contributed by atoms with Gasteiger partial charge in [0.25, 0.3) is 0 Å². The molecule has 1 aliphatic rings. The maximum atomic E-state index is 11.4. The van der Waals surface area contributed by atoms with E-state index in [1.54, 1.807) is 6.07 Å². The van der Waals surface area contributed by atoms with Crippen LogP contribution in [-0.4, -0.2) is 36.2 Å². The number of hydrogen-bond donors (Lipinski definition) is 1. The minimum Gasteiger partial charge on any atom is -0.337 e. The zero-order chi connectivity index (χ0) is 14.1. The van der Waals surface area contributed by atoms with Gasteiger partial charge < -0.3 is 4.90 Å². The fraction of sp³-hybridized carbons (Fsp3) is 0.143. The minimum atomic E-state index is -0.395. The molecule has 0 saturated carbocycles. The summed E-state index contributed by atoms with van der Waals surface area (Å²) in [4.78, 5) is 40.0. The summed E-state index contributed by atoms with van der Waals surface area (Å²) in [5.41, 5.74) is 1.08. The number of nitrogens with zero attached hydrogens (tertiary/aromatic N) is 2. The number of anilines is 1. The maximum Gasteiger partial charge on any atom is 0.246 e. The molecule has 1 fully saturated rings. The van der Waals surface area contributed by atoms with Gasteiger partial charge >= 0.3 is 0 Å². The van der Waals surface area contributed by atoms with Crippen molar-refractivity contribution in [3.63, 3.8) is 0 Å². The number of amides is 2. The van der Waals surface area contributed by atoms with Gasteiger partial charge in [0.1, 0.15) is 5.82 Å². The van der Waals surface area contributed by atoms with Crippen LogP contribution in [0.15, 0.2) is 30.3 Å². The third kappa shape index (κ3) is 2.11. The average molecular weight is 269 g/mol. The van der Waals surface area contributed by atoms with Gasteiger partial charge in [-0.3, -0.25) is 19.7 Å². The first-order valence-electron chi connectivity index (χ1n) is 6.10. The van der Waals surface area contributed by atoms with E-state index in [-0.39, 0.29) is 13.1 Å². The van der Waals surface area contributed by atoms with E-state index >= 15 is 0 Å². The van der Waals surface area contributed by atoms with Crippen molar-refractivity contribution < 1.29 is 14.4 Å². The standard InChI is InChI=1S/C14H11N3O3/c18-8-10-5-9-3-1-2-4-11(9)15-14(10)17-6-12(19)16-13(20)7-17/h1-5,8H,6-7H2,(H,16,19,20). The fourth-order valence-electron chi connectivity index (χ4n) is 2.25. The van der Waals surface area contributed by atoms with Crippen molar-refractivity contribution in [1.29, 1.82) is 0 Å². The van der Waals surface area contributed by atoms with E-state index in [9.17, 15) is 14.4 Å². The lowest BCUT2D eigenvalue weighted by Crippen LogP contribution is -2.52. The van der Waals surface area contributed by atoms with Crippen LogP contribution in [0.2, 0.25) is 0 Å². The third-order valence-corrected chi connectivity index (χ3v) is 3.11.